The predicted octanol–water partition coefficient (Wildman–Crippen LogP) is 3.40. The van der Waals surface area contributed by atoms with E-state index >= 15 is 0 Å². The van der Waals surface area contributed by atoms with Crippen LogP contribution in [0.1, 0.15) is 5.56 Å². The normalized spacial score (nSPS) is 10.8. The van der Waals surface area contributed by atoms with Gasteiger partial charge in [-0.15, -0.1) is 0 Å². The molecule has 0 aliphatic carbocycles. The fourth-order valence-corrected chi connectivity index (χ4v) is 1.77. The number of benzene rings is 1. The summed E-state index contributed by atoms with van der Waals surface area (Å²) in [4.78, 5) is 3.02. The first kappa shape index (κ1) is 7.80. The highest BCUT2D eigenvalue weighted by Crippen LogP contribution is 2.25. The van der Waals surface area contributed by atoms with Gasteiger partial charge in [-0.05, 0) is 22.0 Å². The molecule has 0 saturated heterocycles. The van der Waals surface area contributed by atoms with E-state index in [1.54, 1.807) is 6.20 Å². The van der Waals surface area contributed by atoms with Crippen molar-refractivity contribution in [3.05, 3.63) is 34.4 Å². The van der Waals surface area contributed by atoms with Gasteiger partial charge in [0, 0.05) is 21.6 Å². The molecular formula is C9H7BrFN. The number of aromatic nitrogens is 1. The smallest absolute Gasteiger partial charge is 0.117 e. The summed E-state index contributed by atoms with van der Waals surface area (Å²) in [5, 5.41) is 0.951. The van der Waals surface area contributed by atoms with Crippen LogP contribution in [0.2, 0.25) is 0 Å². The Morgan fingerprint density at radius 3 is 3.00 bits per heavy atom. The molecule has 1 aromatic heterocycles. The van der Waals surface area contributed by atoms with Crippen LogP contribution in [-0.2, 0) is 6.67 Å². The van der Waals surface area contributed by atoms with Crippen LogP contribution in [0, 0.1) is 0 Å². The fourth-order valence-electron chi connectivity index (χ4n) is 1.29. The Morgan fingerprint density at radius 1 is 1.42 bits per heavy atom. The molecule has 0 aliphatic rings. The molecular weight excluding hydrogens is 221 g/mol. The Kier molecular flexibility index (Phi) is 1.89. The molecule has 0 spiro atoms. The zero-order valence-corrected chi connectivity index (χ0v) is 7.86. The molecule has 3 heteroatoms. The van der Waals surface area contributed by atoms with Crippen LogP contribution in [0.25, 0.3) is 10.9 Å². The molecule has 1 aromatic carbocycles. The molecule has 0 unspecified atom stereocenters. The molecule has 12 heavy (non-hydrogen) atoms. The minimum absolute atomic E-state index is 0.420. The molecule has 2 aromatic rings. The number of para-hydroxylation sites is 1. The van der Waals surface area contributed by atoms with Crippen LogP contribution < -0.4 is 0 Å². The number of fused-ring (bicyclic) bond motifs is 1. The summed E-state index contributed by atoms with van der Waals surface area (Å²) in [6, 6.07) is 5.74. The fraction of sp³-hybridized carbons (Fsp3) is 0.111. The maximum atomic E-state index is 12.4. The van der Waals surface area contributed by atoms with Crippen LogP contribution in [-0.4, -0.2) is 4.98 Å². The van der Waals surface area contributed by atoms with Crippen molar-refractivity contribution in [2.24, 2.45) is 0 Å². The van der Waals surface area contributed by atoms with Gasteiger partial charge in [-0.3, -0.25) is 0 Å². The van der Waals surface area contributed by atoms with Gasteiger partial charge in [-0.2, -0.15) is 0 Å². The molecule has 0 radical (unpaired) electrons. The minimum atomic E-state index is -0.420. The minimum Gasteiger partial charge on any atom is -0.360 e. The van der Waals surface area contributed by atoms with Gasteiger partial charge in [0.05, 0.1) is 5.52 Å². The Bertz CT molecular complexity index is 408. The zero-order chi connectivity index (χ0) is 8.55. The second kappa shape index (κ2) is 2.90. The number of nitrogens with one attached hydrogen (secondary N) is 1. The second-order valence-corrected chi connectivity index (χ2v) is 3.46. The average Bonchev–Trinajstić information content (AvgIpc) is 2.49. The number of alkyl halides is 1. The van der Waals surface area contributed by atoms with E-state index in [1.165, 1.54) is 0 Å². The van der Waals surface area contributed by atoms with Gasteiger partial charge in [0.25, 0.3) is 0 Å². The number of halogens is 2. The monoisotopic (exact) mass is 227 g/mol. The predicted molar refractivity (Wildman–Crippen MR) is 50.8 cm³/mol. The van der Waals surface area contributed by atoms with E-state index in [2.05, 4.69) is 20.9 Å². The number of rotatable bonds is 1. The van der Waals surface area contributed by atoms with Gasteiger partial charge in [-0.25, -0.2) is 4.39 Å². The number of hydrogen-bond donors (Lipinski definition) is 1. The highest BCUT2D eigenvalue weighted by molar-refractivity contribution is 9.10. The summed E-state index contributed by atoms with van der Waals surface area (Å²) in [6.45, 7) is -0.420. The molecule has 1 N–H and O–H groups in total. The quantitative estimate of drug-likeness (QED) is 0.769. The SMILES string of the molecule is FCc1c[nH]c2c(Br)cccc12. The Morgan fingerprint density at radius 2 is 2.25 bits per heavy atom. The summed E-state index contributed by atoms with van der Waals surface area (Å²) in [5.41, 5.74) is 1.68. The molecule has 1 nitrogen and oxygen atoms in total. The van der Waals surface area contributed by atoms with E-state index in [0.717, 1.165) is 15.4 Å². The average molecular weight is 228 g/mol. The third kappa shape index (κ3) is 1.05. The lowest BCUT2D eigenvalue weighted by molar-refractivity contribution is 0.488. The lowest BCUT2D eigenvalue weighted by atomic mass is 10.2. The molecule has 0 atom stereocenters. The first-order valence-corrected chi connectivity index (χ1v) is 4.42. The van der Waals surface area contributed by atoms with Crippen molar-refractivity contribution in [1.82, 2.24) is 4.98 Å². The van der Waals surface area contributed by atoms with E-state index in [4.69, 9.17) is 0 Å². The molecule has 62 valence electrons. The van der Waals surface area contributed by atoms with Crippen LogP contribution in [0.15, 0.2) is 28.9 Å². The lowest BCUT2D eigenvalue weighted by Gasteiger charge is -1.93. The number of aromatic amines is 1. The molecule has 0 fully saturated rings. The van der Waals surface area contributed by atoms with E-state index in [9.17, 15) is 4.39 Å². The van der Waals surface area contributed by atoms with Crippen LogP contribution in [0.3, 0.4) is 0 Å². The molecule has 0 aliphatic heterocycles. The topological polar surface area (TPSA) is 15.8 Å². The maximum Gasteiger partial charge on any atom is 0.117 e. The Balaban J connectivity index is 2.80. The van der Waals surface area contributed by atoms with E-state index in [0.29, 0.717) is 5.56 Å². The van der Waals surface area contributed by atoms with Crippen molar-refractivity contribution in [2.75, 3.05) is 0 Å². The van der Waals surface area contributed by atoms with E-state index in [1.807, 2.05) is 18.2 Å². The van der Waals surface area contributed by atoms with Crippen LogP contribution in [0.5, 0.6) is 0 Å². The Labute approximate surface area is 77.7 Å². The summed E-state index contributed by atoms with van der Waals surface area (Å²) >= 11 is 3.39. The molecule has 0 saturated carbocycles. The summed E-state index contributed by atoms with van der Waals surface area (Å²) < 4.78 is 13.4. The largest absolute Gasteiger partial charge is 0.360 e. The second-order valence-electron chi connectivity index (χ2n) is 2.61. The van der Waals surface area contributed by atoms with Crippen LogP contribution >= 0.6 is 15.9 Å². The standard InChI is InChI=1S/C9H7BrFN/c10-8-3-1-2-7-6(4-11)5-12-9(7)8/h1-3,5,12H,4H2. The lowest BCUT2D eigenvalue weighted by Crippen LogP contribution is -1.73. The molecule has 0 bridgehead atoms. The number of hydrogen-bond acceptors (Lipinski definition) is 0. The Hall–Kier alpha value is -0.830. The first-order chi connectivity index (χ1) is 5.83. The molecule has 2 rings (SSSR count). The number of H-pyrrole nitrogens is 1. The zero-order valence-electron chi connectivity index (χ0n) is 6.27. The third-order valence-electron chi connectivity index (χ3n) is 1.89. The van der Waals surface area contributed by atoms with Gasteiger partial charge in [0.1, 0.15) is 6.67 Å². The van der Waals surface area contributed by atoms with Crippen molar-refractivity contribution in [3.8, 4) is 0 Å². The highest BCUT2D eigenvalue weighted by atomic mass is 79.9. The third-order valence-corrected chi connectivity index (χ3v) is 2.56. The summed E-state index contributed by atoms with van der Waals surface area (Å²) in [7, 11) is 0. The van der Waals surface area contributed by atoms with Gasteiger partial charge >= 0.3 is 0 Å². The molecule has 1 heterocycles. The van der Waals surface area contributed by atoms with Crippen molar-refractivity contribution in [2.45, 2.75) is 6.67 Å². The van der Waals surface area contributed by atoms with Gasteiger partial charge in [0.15, 0.2) is 0 Å². The van der Waals surface area contributed by atoms with Crippen molar-refractivity contribution < 1.29 is 4.39 Å². The highest BCUT2D eigenvalue weighted by Gasteiger charge is 2.04. The van der Waals surface area contributed by atoms with Gasteiger partial charge in [0.2, 0.25) is 0 Å². The molecule has 0 amide bonds. The van der Waals surface area contributed by atoms with Crippen molar-refractivity contribution in [3.63, 3.8) is 0 Å². The van der Waals surface area contributed by atoms with Gasteiger partial charge in [-0.1, -0.05) is 12.1 Å². The summed E-state index contributed by atoms with van der Waals surface area (Å²) in [6.07, 6.45) is 1.70. The van der Waals surface area contributed by atoms with Crippen molar-refractivity contribution >= 4 is 26.8 Å². The van der Waals surface area contributed by atoms with E-state index in [-0.39, 0.29) is 0 Å². The van der Waals surface area contributed by atoms with Crippen molar-refractivity contribution in [1.29, 1.82) is 0 Å². The first-order valence-electron chi connectivity index (χ1n) is 3.63. The maximum absolute atomic E-state index is 12.4. The summed E-state index contributed by atoms with van der Waals surface area (Å²) in [5.74, 6) is 0. The van der Waals surface area contributed by atoms with E-state index < -0.39 is 6.67 Å². The van der Waals surface area contributed by atoms with Gasteiger partial charge < -0.3 is 4.98 Å². The van der Waals surface area contributed by atoms with Crippen LogP contribution in [0.4, 0.5) is 4.39 Å².